The summed E-state index contributed by atoms with van der Waals surface area (Å²) in [7, 11) is 0. The molecule has 2 aromatic carbocycles. The van der Waals surface area contributed by atoms with Gasteiger partial charge in [-0.2, -0.15) is 0 Å². The molecule has 0 radical (unpaired) electrons. The van der Waals surface area contributed by atoms with Crippen LogP contribution in [0.25, 0.3) is 10.9 Å². The minimum Gasteiger partial charge on any atom is -0.543 e. The number of nitrogens with one attached hydrogen (secondary N) is 2. The highest BCUT2D eigenvalue weighted by Gasteiger charge is 2.16. The summed E-state index contributed by atoms with van der Waals surface area (Å²) in [6.07, 6.45) is -0.301. The van der Waals surface area contributed by atoms with Crippen molar-refractivity contribution in [3.63, 3.8) is 0 Å². The molecule has 3 aromatic rings. The highest BCUT2D eigenvalue weighted by atomic mass is 19.1. The highest BCUT2D eigenvalue weighted by molar-refractivity contribution is 6.01. The summed E-state index contributed by atoms with van der Waals surface area (Å²) in [6.45, 7) is 0. The van der Waals surface area contributed by atoms with Crippen molar-refractivity contribution in [2.45, 2.75) is 6.42 Å². The maximum Gasteiger partial charge on any atom is 0.228 e. The molecule has 7 heteroatoms. The number of aromatic amines is 1. The number of aromatic nitrogens is 1. The van der Waals surface area contributed by atoms with E-state index in [9.17, 15) is 23.5 Å². The monoisotopic (exact) mass is 329 g/mol. The molecule has 0 bridgehead atoms. The molecule has 1 aromatic heterocycles. The normalized spacial score (nSPS) is 10.8. The minimum atomic E-state index is -1.44. The molecule has 122 valence electrons. The van der Waals surface area contributed by atoms with E-state index in [2.05, 4.69) is 10.3 Å². The summed E-state index contributed by atoms with van der Waals surface area (Å²) >= 11 is 0. The van der Waals surface area contributed by atoms with Gasteiger partial charge < -0.3 is 20.2 Å². The van der Waals surface area contributed by atoms with E-state index in [-0.39, 0.29) is 23.4 Å². The Labute approximate surface area is 134 Å². The van der Waals surface area contributed by atoms with Crippen LogP contribution in [0.4, 0.5) is 14.5 Å². The minimum absolute atomic E-state index is 0.184. The van der Waals surface area contributed by atoms with Crippen molar-refractivity contribution in [3.8, 4) is 0 Å². The van der Waals surface area contributed by atoms with Gasteiger partial charge in [0, 0.05) is 17.0 Å². The van der Waals surface area contributed by atoms with Gasteiger partial charge in [-0.25, -0.2) is 8.78 Å². The van der Waals surface area contributed by atoms with Crippen LogP contribution in [0, 0.1) is 11.6 Å². The smallest absolute Gasteiger partial charge is 0.228 e. The second-order valence-corrected chi connectivity index (χ2v) is 5.16. The Morgan fingerprint density at radius 2 is 1.88 bits per heavy atom. The van der Waals surface area contributed by atoms with E-state index in [1.807, 2.05) is 0 Å². The number of amides is 1. The number of hydrogen-bond acceptors (Lipinski definition) is 3. The summed E-state index contributed by atoms with van der Waals surface area (Å²) in [5.74, 6) is -3.75. The van der Waals surface area contributed by atoms with Crippen molar-refractivity contribution in [1.29, 1.82) is 0 Å². The molecule has 24 heavy (non-hydrogen) atoms. The molecule has 0 aliphatic rings. The standard InChI is InChI=1S/C17H12F2N2O3/c18-9-5-6-14(12(19)7-9)20-15(22)8-11-10-3-1-2-4-13(10)21-16(11)17(23)24/h1-7,21H,8H2,(H,20,22)(H,23,24)/p-1. The first-order valence-corrected chi connectivity index (χ1v) is 7.01. The fourth-order valence-corrected chi connectivity index (χ4v) is 2.50. The maximum atomic E-state index is 13.6. The number of hydrogen-bond donors (Lipinski definition) is 2. The Morgan fingerprint density at radius 3 is 2.58 bits per heavy atom. The molecular formula is C17H11F2N2O3-. The number of carbonyl (C=O) groups excluding carboxylic acids is 2. The number of benzene rings is 2. The lowest BCUT2D eigenvalue weighted by molar-refractivity contribution is -0.255. The topological polar surface area (TPSA) is 85.0 Å². The van der Waals surface area contributed by atoms with Gasteiger partial charge in [-0.05, 0) is 23.8 Å². The van der Waals surface area contributed by atoms with Crippen molar-refractivity contribution in [1.82, 2.24) is 4.98 Å². The summed E-state index contributed by atoms with van der Waals surface area (Å²) in [4.78, 5) is 26.1. The van der Waals surface area contributed by atoms with E-state index in [1.165, 1.54) is 0 Å². The second-order valence-electron chi connectivity index (χ2n) is 5.16. The van der Waals surface area contributed by atoms with Gasteiger partial charge in [0.1, 0.15) is 11.6 Å². The van der Waals surface area contributed by atoms with Gasteiger partial charge in [-0.3, -0.25) is 4.79 Å². The molecule has 0 atom stereocenters. The Bertz CT molecular complexity index is 950. The third kappa shape index (κ3) is 2.96. The number of para-hydroxylation sites is 1. The Hall–Kier alpha value is -3.22. The number of carbonyl (C=O) groups is 2. The number of carboxylic acid groups (broad SMARTS) is 1. The van der Waals surface area contributed by atoms with Crippen LogP contribution in [-0.2, 0) is 11.2 Å². The largest absolute Gasteiger partial charge is 0.543 e. The predicted octanol–water partition coefficient (Wildman–Crippen LogP) is 1.99. The third-order valence-electron chi connectivity index (χ3n) is 3.56. The molecule has 0 unspecified atom stereocenters. The predicted molar refractivity (Wildman–Crippen MR) is 81.3 cm³/mol. The first-order chi connectivity index (χ1) is 11.5. The second kappa shape index (κ2) is 6.11. The first kappa shape index (κ1) is 15.7. The molecule has 1 amide bonds. The summed E-state index contributed by atoms with van der Waals surface area (Å²) in [5.41, 5.74) is 0.403. The van der Waals surface area contributed by atoms with E-state index >= 15 is 0 Å². The zero-order chi connectivity index (χ0) is 17.3. The zero-order valence-corrected chi connectivity index (χ0v) is 12.2. The zero-order valence-electron chi connectivity index (χ0n) is 12.2. The molecule has 0 saturated heterocycles. The lowest BCUT2D eigenvalue weighted by Gasteiger charge is -2.08. The van der Waals surface area contributed by atoms with Gasteiger partial charge in [-0.1, -0.05) is 18.2 Å². The Morgan fingerprint density at radius 1 is 1.12 bits per heavy atom. The number of anilines is 1. The number of rotatable bonds is 4. The quantitative estimate of drug-likeness (QED) is 0.768. The fraction of sp³-hybridized carbons (Fsp3) is 0.0588. The SMILES string of the molecule is O=C(Cc1c(C(=O)[O-])[nH]c2ccccc12)Nc1ccc(F)cc1F. The maximum absolute atomic E-state index is 13.6. The lowest BCUT2D eigenvalue weighted by Crippen LogP contribution is -2.25. The van der Waals surface area contributed by atoms with Gasteiger partial charge in [0.15, 0.2) is 0 Å². The van der Waals surface area contributed by atoms with Gasteiger partial charge in [0.05, 0.1) is 23.8 Å². The van der Waals surface area contributed by atoms with Gasteiger partial charge in [-0.15, -0.1) is 0 Å². The van der Waals surface area contributed by atoms with Crippen molar-refractivity contribution < 1.29 is 23.5 Å². The van der Waals surface area contributed by atoms with Crippen LogP contribution < -0.4 is 10.4 Å². The highest BCUT2D eigenvalue weighted by Crippen LogP contribution is 2.23. The molecular weight excluding hydrogens is 318 g/mol. The molecule has 2 N–H and O–H groups in total. The van der Waals surface area contributed by atoms with Crippen LogP contribution >= 0.6 is 0 Å². The van der Waals surface area contributed by atoms with Crippen molar-refractivity contribution in [3.05, 3.63) is 65.4 Å². The lowest BCUT2D eigenvalue weighted by atomic mass is 10.1. The summed E-state index contributed by atoms with van der Waals surface area (Å²) in [5, 5.41) is 14.1. The molecule has 1 heterocycles. The molecule has 0 aliphatic carbocycles. The Balaban J connectivity index is 1.90. The van der Waals surface area contributed by atoms with Crippen LogP contribution in [0.5, 0.6) is 0 Å². The molecule has 3 rings (SSSR count). The Kier molecular flexibility index (Phi) is 3.99. The summed E-state index contributed by atoms with van der Waals surface area (Å²) < 4.78 is 26.5. The van der Waals surface area contributed by atoms with Crippen LogP contribution in [0.3, 0.4) is 0 Å². The number of fused-ring (bicyclic) bond motifs is 1. The van der Waals surface area contributed by atoms with Crippen LogP contribution in [0.15, 0.2) is 42.5 Å². The average Bonchev–Trinajstić information content (AvgIpc) is 2.89. The van der Waals surface area contributed by atoms with E-state index in [0.717, 1.165) is 12.1 Å². The van der Waals surface area contributed by atoms with Gasteiger partial charge in [0.25, 0.3) is 0 Å². The van der Waals surface area contributed by atoms with Gasteiger partial charge in [0.2, 0.25) is 5.91 Å². The van der Waals surface area contributed by atoms with E-state index in [1.54, 1.807) is 24.3 Å². The molecule has 0 aliphatic heterocycles. The third-order valence-corrected chi connectivity index (χ3v) is 3.56. The molecule has 0 fully saturated rings. The number of carboxylic acids is 1. The van der Waals surface area contributed by atoms with Crippen molar-refractivity contribution >= 4 is 28.5 Å². The van der Waals surface area contributed by atoms with Crippen molar-refractivity contribution in [2.75, 3.05) is 5.32 Å². The van der Waals surface area contributed by atoms with E-state index < -0.39 is 23.5 Å². The fourth-order valence-electron chi connectivity index (χ4n) is 2.50. The average molecular weight is 329 g/mol. The van der Waals surface area contributed by atoms with E-state index in [0.29, 0.717) is 17.0 Å². The van der Waals surface area contributed by atoms with Crippen molar-refractivity contribution in [2.24, 2.45) is 0 Å². The number of aromatic carboxylic acids is 1. The molecule has 0 saturated carbocycles. The molecule has 5 nitrogen and oxygen atoms in total. The molecule has 0 spiro atoms. The number of H-pyrrole nitrogens is 1. The van der Waals surface area contributed by atoms with Crippen LogP contribution in [0.1, 0.15) is 16.1 Å². The van der Waals surface area contributed by atoms with Crippen LogP contribution in [0.2, 0.25) is 0 Å². The van der Waals surface area contributed by atoms with Crippen LogP contribution in [-0.4, -0.2) is 16.9 Å². The number of halogens is 2. The first-order valence-electron chi connectivity index (χ1n) is 7.01. The van der Waals surface area contributed by atoms with E-state index in [4.69, 9.17) is 0 Å². The van der Waals surface area contributed by atoms with Gasteiger partial charge >= 0.3 is 0 Å². The summed E-state index contributed by atoms with van der Waals surface area (Å²) in [6, 6.07) is 9.51.